The quantitative estimate of drug-likeness (QED) is 0.603. The fourth-order valence-corrected chi connectivity index (χ4v) is 4.24. The van der Waals surface area contributed by atoms with Crippen LogP contribution in [0.5, 0.6) is 0 Å². The average molecular weight is 441 g/mol. The smallest absolute Gasteiger partial charge is 0.407 e. The predicted molar refractivity (Wildman–Crippen MR) is 125 cm³/mol. The summed E-state index contributed by atoms with van der Waals surface area (Å²) in [6.07, 6.45) is 1.53. The molecule has 0 bridgehead atoms. The fraction of sp³-hybridized carbons (Fsp3) is 0.417. The Kier molecular flexibility index (Phi) is 6.10. The molecule has 0 radical (unpaired) electrons. The number of anilines is 1. The zero-order valence-electron chi connectivity index (χ0n) is 18.3. The van der Waals surface area contributed by atoms with Gasteiger partial charge >= 0.3 is 6.09 Å². The molecule has 1 aromatic heterocycles. The molecule has 2 aromatic carbocycles. The number of para-hydroxylation sites is 2. The van der Waals surface area contributed by atoms with Crippen LogP contribution in [0.1, 0.15) is 39.2 Å². The molecule has 0 aliphatic carbocycles. The molecule has 0 spiro atoms. The Hall–Kier alpha value is -2.73. The Labute approximate surface area is 188 Å². The lowest BCUT2D eigenvalue weighted by Crippen LogP contribution is -2.49. The van der Waals surface area contributed by atoms with Gasteiger partial charge in [0.1, 0.15) is 5.60 Å². The van der Waals surface area contributed by atoms with Crippen molar-refractivity contribution in [3.8, 4) is 0 Å². The summed E-state index contributed by atoms with van der Waals surface area (Å²) in [7, 11) is 0. The molecule has 31 heavy (non-hydrogen) atoms. The monoisotopic (exact) mass is 440 g/mol. The molecule has 0 unspecified atom stereocenters. The number of halogens is 1. The number of hydrogen-bond donors (Lipinski definition) is 1. The highest BCUT2D eigenvalue weighted by molar-refractivity contribution is 6.30. The number of amides is 1. The van der Waals surface area contributed by atoms with Crippen LogP contribution in [0.25, 0.3) is 11.0 Å². The molecule has 1 atom stereocenters. The second-order valence-corrected chi connectivity index (χ2v) is 9.48. The average Bonchev–Trinajstić information content (AvgIpc) is 3.05. The number of imidazole rings is 1. The van der Waals surface area contributed by atoms with Crippen molar-refractivity contribution in [1.29, 1.82) is 0 Å². The van der Waals surface area contributed by atoms with Gasteiger partial charge in [-0.25, -0.2) is 9.78 Å². The summed E-state index contributed by atoms with van der Waals surface area (Å²) >= 11 is 6.22. The highest BCUT2D eigenvalue weighted by atomic mass is 35.5. The molecule has 1 N–H and O–H groups in total. The third-order valence-corrected chi connectivity index (χ3v) is 5.52. The molecule has 2 heterocycles. The van der Waals surface area contributed by atoms with Gasteiger partial charge in [0.15, 0.2) is 0 Å². The van der Waals surface area contributed by atoms with Gasteiger partial charge in [0, 0.05) is 24.2 Å². The Morgan fingerprint density at radius 1 is 1.23 bits per heavy atom. The van der Waals surface area contributed by atoms with Gasteiger partial charge in [-0.2, -0.15) is 0 Å². The first-order valence-corrected chi connectivity index (χ1v) is 11.1. The van der Waals surface area contributed by atoms with E-state index in [4.69, 9.17) is 21.3 Å². The molecule has 1 fully saturated rings. The van der Waals surface area contributed by atoms with Gasteiger partial charge in [0.2, 0.25) is 5.95 Å². The van der Waals surface area contributed by atoms with Crippen LogP contribution in [0, 0.1) is 0 Å². The van der Waals surface area contributed by atoms with Crippen LogP contribution < -0.4 is 10.2 Å². The Bertz CT molecular complexity index is 1070. The van der Waals surface area contributed by atoms with Crippen molar-refractivity contribution in [2.45, 2.75) is 51.8 Å². The van der Waals surface area contributed by atoms with E-state index in [9.17, 15) is 4.79 Å². The maximum absolute atomic E-state index is 12.3. The number of carbonyl (C=O) groups is 1. The molecule has 164 valence electrons. The third kappa shape index (κ3) is 5.31. The van der Waals surface area contributed by atoms with E-state index in [1.807, 2.05) is 57.2 Å². The van der Waals surface area contributed by atoms with Crippen molar-refractivity contribution in [2.75, 3.05) is 18.0 Å². The van der Waals surface area contributed by atoms with Gasteiger partial charge in [-0.1, -0.05) is 35.9 Å². The number of fused-ring (bicyclic) bond motifs is 1. The van der Waals surface area contributed by atoms with E-state index in [1.165, 1.54) is 0 Å². The van der Waals surface area contributed by atoms with Crippen LogP contribution in [0.4, 0.5) is 10.7 Å². The van der Waals surface area contributed by atoms with Crippen molar-refractivity contribution < 1.29 is 9.53 Å². The lowest BCUT2D eigenvalue weighted by atomic mass is 10.1. The molecule has 4 rings (SSSR count). The molecule has 7 heteroatoms. The molecule has 6 nitrogen and oxygen atoms in total. The molecular formula is C24H29ClN4O2. The molecule has 3 aromatic rings. The maximum atomic E-state index is 12.3. The summed E-state index contributed by atoms with van der Waals surface area (Å²) in [5.41, 5.74) is 2.66. The molecule has 1 aliphatic heterocycles. The fourth-order valence-electron chi connectivity index (χ4n) is 4.03. The van der Waals surface area contributed by atoms with E-state index < -0.39 is 5.60 Å². The lowest BCUT2D eigenvalue weighted by Gasteiger charge is -2.34. The van der Waals surface area contributed by atoms with Crippen molar-refractivity contribution >= 4 is 34.7 Å². The van der Waals surface area contributed by atoms with Crippen LogP contribution in [-0.2, 0) is 11.3 Å². The van der Waals surface area contributed by atoms with Crippen LogP contribution in [0.3, 0.4) is 0 Å². The summed E-state index contributed by atoms with van der Waals surface area (Å²) < 4.78 is 7.67. The number of ether oxygens (including phenoxy) is 1. The second kappa shape index (κ2) is 8.79. The second-order valence-electron chi connectivity index (χ2n) is 9.05. The first kappa shape index (κ1) is 21.5. The number of alkyl carbamates (subject to hydrolysis) is 1. The number of nitrogens with one attached hydrogen (secondary N) is 1. The molecule has 0 saturated carbocycles. The minimum atomic E-state index is -0.511. The minimum absolute atomic E-state index is 0.0167. The van der Waals surface area contributed by atoms with Gasteiger partial charge in [-0.3, -0.25) is 0 Å². The predicted octanol–water partition coefficient (Wildman–Crippen LogP) is 5.23. The van der Waals surface area contributed by atoms with E-state index in [1.54, 1.807) is 0 Å². The third-order valence-electron chi connectivity index (χ3n) is 5.29. The maximum Gasteiger partial charge on any atom is 0.407 e. The van der Waals surface area contributed by atoms with Gasteiger partial charge in [0.25, 0.3) is 0 Å². The van der Waals surface area contributed by atoms with E-state index in [0.717, 1.165) is 47.0 Å². The first-order chi connectivity index (χ1) is 14.8. The molecule has 1 aliphatic rings. The molecule has 1 amide bonds. The lowest BCUT2D eigenvalue weighted by molar-refractivity contribution is 0.0500. The van der Waals surface area contributed by atoms with Gasteiger partial charge in [-0.05, 0) is 63.4 Å². The largest absolute Gasteiger partial charge is 0.444 e. The number of carbonyl (C=O) groups excluding carboxylic acids is 1. The Morgan fingerprint density at radius 3 is 2.81 bits per heavy atom. The van der Waals surface area contributed by atoms with E-state index in [0.29, 0.717) is 13.1 Å². The summed E-state index contributed by atoms with van der Waals surface area (Å²) in [5.74, 6) is 0.914. The number of hydrogen-bond acceptors (Lipinski definition) is 4. The number of rotatable bonds is 4. The van der Waals surface area contributed by atoms with Crippen molar-refractivity contribution in [2.24, 2.45) is 0 Å². The summed E-state index contributed by atoms with van der Waals surface area (Å²) in [6.45, 7) is 7.88. The van der Waals surface area contributed by atoms with Gasteiger partial charge < -0.3 is 19.5 Å². The number of benzene rings is 2. The van der Waals surface area contributed by atoms with Crippen molar-refractivity contribution in [1.82, 2.24) is 14.9 Å². The Balaban J connectivity index is 1.59. The standard InChI is InChI=1S/C24H29ClN4O2/c1-24(2,3)31-23(30)26-19-10-7-13-28(16-19)22-27-20-11-4-5-12-21(20)29(22)15-17-8-6-9-18(25)14-17/h4-6,8-9,11-12,14,19H,7,10,13,15-16H2,1-3H3,(H,26,30)/t19-/m0/s1. The number of nitrogens with zero attached hydrogens (tertiary/aromatic N) is 3. The normalized spacial score (nSPS) is 17.0. The SMILES string of the molecule is CC(C)(C)OC(=O)N[C@H]1CCCN(c2nc3ccccc3n2Cc2cccc(Cl)c2)C1. The van der Waals surface area contributed by atoms with Crippen molar-refractivity contribution in [3.63, 3.8) is 0 Å². The first-order valence-electron chi connectivity index (χ1n) is 10.7. The van der Waals surface area contributed by atoms with E-state index in [-0.39, 0.29) is 12.1 Å². The van der Waals surface area contributed by atoms with Crippen molar-refractivity contribution in [3.05, 3.63) is 59.1 Å². The molecular weight excluding hydrogens is 412 g/mol. The van der Waals surface area contributed by atoms with E-state index >= 15 is 0 Å². The zero-order chi connectivity index (χ0) is 22.0. The van der Waals surface area contributed by atoms with Gasteiger partial charge in [-0.15, -0.1) is 0 Å². The Morgan fingerprint density at radius 2 is 2.03 bits per heavy atom. The topological polar surface area (TPSA) is 59.4 Å². The number of aromatic nitrogens is 2. The summed E-state index contributed by atoms with van der Waals surface area (Å²) in [4.78, 5) is 19.5. The number of piperidine rings is 1. The zero-order valence-corrected chi connectivity index (χ0v) is 19.0. The highest BCUT2D eigenvalue weighted by Gasteiger charge is 2.27. The minimum Gasteiger partial charge on any atom is -0.444 e. The van der Waals surface area contributed by atoms with E-state index in [2.05, 4.69) is 26.9 Å². The van der Waals surface area contributed by atoms with Crippen LogP contribution in [-0.4, -0.2) is 40.4 Å². The summed E-state index contributed by atoms with van der Waals surface area (Å²) in [6, 6.07) is 16.1. The van der Waals surface area contributed by atoms with Crippen LogP contribution >= 0.6 is 11.6 Å². The molecule has 1 saturated heterocycles. The van der Waals surface area contributed by atoms with Crippen LogP contribution in [0.15, 0.2) is 48.5 Å². The summed E-state index contributed by atoms with van der Waals surface area (Å²) in [5, 5.41) is 3.75. The highest BCUT2D eigenvalue weighted by Crippen LogP contribution is 2.27. The van der Waals surface area contributed by atoms with Gasteiger partial charge in [0.05, 0.1) is 17.6 Å². The van der Waals surface area contributed by atoms with Crippen LogP contribution in [0.2, 0.25) is 5.02 Å².